The maximum absolute atomic E-state index is 11.3. The van der Waals surface area contributed by atoms with E-state index >= 15 is 0 Å². The van der Waals surface area contributed by atoms with Crippen molar-refractivity contribution in [1.82, 2.24) is 0 Å². The van der Waals surface area contributed by atoms with Crippen molar-refractivity contribution in [3.8, 4) is 12.3 Å². The first-order valence-electron chi connectivity index (χ1n) is 5.39. The molecule has 1 rings (SSSR count). The normalized spacial score (nSPS) is 21.5. The fourth-order valence-corrected chi connectivity index (χ4v) is 1.69. The third-order valence-corrected chi connectivity index (χ3v) is 2.57. The number of terminal acetylenes is 1. The van der Waals surface area contributed by atoms with Gasteiger partial charge in [-0.1, -0.05) is 0 Å². The zero-order chi connectivity index (χ0) is 10.2. The van der Waals surface area contributed by atoms with Crippen LogP contribution in [0, 0.1) is 12.3 Å². The van der Waals surface area contributed by atoms with Crippen molar-refractivity contribution in [1.29, 1.82) is 0 Å². The van der Waals surface area contributed by atoms with Crippen LogP contribution in [0.4, 0.5) is 0 Å². The first-order valence-corrected chi connectivity index (χ1v) is 5.39. The molecule has 1 saturated heterocycles. The first kappa shape index (κ1) is 11.3. The van der Waals surface area contributed by atoms with Crippen molar-refractivity contribution in [2.24, 2.45) is 0 Å². The fourth-order valence-electron chi connectivity index (χ4n) is 1.69. The van der Waals surface area contributed by atoms with Gasteiger partial charge in [0.1, 0.15) is 5.78 Å². The molecule has 14 heavy (non-hydrogen) atoms. The van der Waals surface area contributed by atoms with Gasteiger partial charge in [0.15, 0.2) is 0 Å². The van der Waals surface area contributed by atoms with Crippen LogP contribution in [-0.4, -0.2) is 18.5 Å². The average Bonchev–Trinajstić information content (AvgIpc) is 2.25. The Bertz CT molecular complexity index is 209. The SMILES string of the molecule is C#CCCC(=O)CCC1CCCCO1. The molecule has 0 N–H and O–H groups in total. The molecular weight excluding hydrogens is 176 g/mol. The monoisotopic (exact) mass is 194 g/mol. The minimum absolute atomic E-state index is 0.275. The lowest BCUT2D eigenvalue weighted by Gasteiger charge is -2.21. The van der Waals surface area contributed by atoms with Gasteiger partial charge < -0.3 is 4.74 Å². The smallest absolute Gasteiger partial charge is 0.133 e. The van der Waals surface area contributed by atoms with Gasteiger partial charge in [-0.05, 0) is 25.7 Å². The van der Waals surface area contributed by atoms with Gasteiger partial charge in [0, 0.05) is 25.9 Å². The predicted molar refractivity (Wildman–Crippen MR) is 55.9 cm³/mol. The van der Waals surface area contributed by atoms with Crippen LogP contribution < -0.4 is 0 Å². The second-order valence-corrected chi connectivity index (χ2v) is 3.77. The van der Waals surface area contributed by atoms with Crippen LogP contribution in [0.15, 0.2) is 0 Å². The third kappa shape index (κ3) is 4.43. The number of carbonyl (C=O) groups is 1. The average molecular weight is 194 g/mol. The Balaban J connectivity index is 2.07. The molecule has 0 spiro atoms. The van der Waals surface area contributed by atoms with Gasteiger partial charge in [0.2, 0.25) is 0 Å². The van der Waals surface area contributed by atoms with Gasteiger partial charge in [-0.3, -0.25) is 4.79 Å². The van der Waals surface area contributed by atoms with Gasteiger partial charge in [-0.15, -0.1) is 12.3 Å². The Morgan fingerprint density at radius 2 is 2.29 bits per heavy atom. The van der Waals surface area contributed by atoms with Crippen LogP contribution in [0.1, 0.15) is 44.9 Å². The quantitative estimate of drug-likeness (QED) is 0.628. The van der Waals surface area contributed by atoms with Crippen LogP contribution in [0.5, 0.6) is 0 Å². The van der Waals surface area contributed by atoms with Crippen molar-refractivity contribution >= 4 is 5.78 Å². The molecule has 1 aliphatic heterocycles. The molecule has 0 amide bonds. The predicted octanol–water partition coefficient (Wildman–Crippen LogP) is 2.32. The minimum atomic E-state index is 0.275. The summed E-state index contributed by atoms with van der Waals surface area (Å²) in [5.74, 6) is 2.76. The summed E-state index contributed by atoms with van der Waals surface area (Å²) in [5.41, 5.74) is 0. The summed E-state index contributed by atoms with van der Waals surface area (Å²) in [7, 11) is 0. The van der Waals surface area contributed by atoms with Crippen molar-refractivity contribution in [3.63, 3.8) is 0 Å². The van der Waals surface area contributed by atoms with Crippen molar-refractivity contribution < 1.29 is 9.53 Å². The number of Topliss-reactive ketones (excluding diaryl/α,β-unsaturated/α-hetero) is 1. The molecule has 78 valence electrons. The standard InChI is InChI=1S/C12H18O2/c1-2-3-6-11(13)8-9-12-7-4-5-10-14-12/h1,12H,3-10H2. The van der Waals surface area contributed by atoms with E-state index in [4.69, 9.17) is 11.2 Å². The second-order valence-electron chi connectivity index (χ2n) is 3.77. The fraction of sp³-hybridized carbons (Fsp3) is 0.750. The molecule has 0 bridgehead atoms. The summed E-state index contributed by atoms with van der Waals surface area (Å²) in [5, 5.41) is 0. The molecule has 0 aromatic carbocycles. The Hall–Kier alpha value is -0.810. The Morgan fingerprint density at radius 3 is 2.93 bits per heavy atom. The number of ketones is 1. The molecule has 1 fully saturated rings. The van der Waals surface area contributed by atoms with E-state index in [9.17, 15) is 4.79 Å². The Kier molecular flexibility index (Phi) is 5.32. The number of carbonyl (C=O) groups excluding carboxylic acids is 1. The minimum Gasteiger partial charge on any atom is -0.378 e. The molecular formula is C12H18O2. The number of rotatable bonds is 5. The lowest BCUT2D eigenvalue weighted by Crippen LogP contribution is -2.19. The number of ether oxygens (including phenoxy) is 1. The summed E-state index contributed by atoms with van der Waals surface area (Å²) in [4.78, 5) is 11.3. The third-order valence-electron chi connectivity index (χ3n) is 2.57. The van der Waals surface area contributed by atoms with E-state index in [1.165, 1.54) is 12.8 Å². The van der Waals surface area contributed by atoms with Crippen LogP contribution in [-0.2, 0) is 9.53 Å². The summed E-state index contributed by atoms with van der Waals surface area (Å²) >= 11 is 0. The van der Waals surface area contributed by atoms with Gasteiger partial charge in [-0.2, -0.15) is 0 Å². The van der Waals surface area contributed by atoms with Crippen molar-refractivity contribution in [2.75, 3.05) is 6.61 Å². The van der Waals surface area contributed by atoms with E-state index in [0.717, 1.165) is 19.4 Å². The number of hydrogen-bond donors (Lipinski definition) is 0. The molecule has 2 heteroatoms. The summed E-state index contributed by atoms with van der Waals surface area (Å²) in [6, 6.07) is 0. The van der Waals surface area contributed by atoms with E-state index < -0.39 is 0 Å². The highest BCUT2D eigenvalue weighted by Gasteiger charge is 2.14. The van der Waals surface area contributed by atoms with E-state index in [0.29, 0.717) is 25.4 Å². The van der Waals surface area contributed by atoms with Gasteiger partial charge >= 0.3 is 0 Å². The maximum atomic E-state index is 11.3. The lowest BCUT2D eigenvalue weighted by atomic mass is 10.0. The molecule has 0 radical (unpaired) electrons. The molecule has 1 atom stereocenters. The molecule has 0 aromatic rings. The van der Waals surface area contributed by atoms with Crippen molar-refractivity contribution in [2.45, 2.75) is 51.0 Å². The largest absolute Gasteiger partial charge is 0.378 e. The van der Waals surface area contributed by atoms with Gasteiger partial charge in [-0.25, -0.2) is 0 Å². The zero-order valence-corrected chi connectivity index (χ0v) is 8.63. The lowest BCUT2D eigenvalue weighted by molar-refractivity contribution is -0.120. The molecule has 1 heterocycles. The van der Waals surface area contributed by atoms with Crippen LogP contribution >= 0.6 is 0 Å². The molecule has 0 saturated carbocycles. The van der Waals surface area contributed by atoms with E-state index in [-0.39, 0.29) is 5.78 Å². The zero-order valence-electron chi connectivity index (χ0n) is 8.63. The van der Waals surface area contributed by atoms with E-state index in [1.54, 1.807) is 0 Å². The van der Waals surface area contributed by atoms with Crippen LogP contribution in [0.25, 0.3) is 0 Å². The van der Waals surface area contributed by atoms with Crippen LogP contribution in [0.2, 0.25) is 0 Å². The Labute approximate surface area is 86.0 Å². The molecule has 2 nitrogen and oxygen atoms in total. The van der Waals surface area contributed by atoms with Crippen molar-refractivity contribution in [3.05, 3.63) is 0 Å². The second kappa shape index (κ2) is 6.62. The van der Waals surface area contributed by atoms with E-state index in [2.05, 4.69) is 5.92 Å². The Morgan fingerprint density at radius 1 is 1.43 bits per heavy atom. The summed E-state index contributed by atoms with van der Waals surface area (Å²) in [6.07, 6.45) is 11.5. The molecule has 1 unspecified atom stereocenters. The highest BCUT2D eigenvalue weighted by atomic mass is 16.5. The number of hydrogen-bond acceptors (Lipinski definition) is 2. The maximum Gasteiger partial charge on any atom is 0.133 e. The van der Waals surface area contributed by atoms with E-state index in [1.807, 2.05) is 0 Å². The molecule has 0 aliphatic carbocycles. The first-order chi connectivity index (χ1) is 6.83. The van der Waals surface area contributed by atoms with Gasteiger partial charge in [0.25, 0.3) is 0 Å². The highest BCUT2D eigenvalue weighted by molar-refractivity contribution is 5.78. The molecule has 0 aromatic heterocycles. The topological polar surface area (TPSA) is 26.3 Å². The highest BCUT2D eigenvalue weighted by Crippen LogP contribution is 2.17. The molecule has 1 aliphatic rings. The summed E-state index contributed by atoms with van der Waals surface area (Å²) < 4.78 is 5.54. The van der Waals surface area contributed by atoms with Gasteiger partial charge in [0.05, 0.1) is 6.10 Å². The summed E-state index contributed by atoms with van der Waals surface area (Å²) in [6.45, 7) is 0.864. The van der Waals surface area contributed by atoms with Crippen LogP contribution in [0.3, 0.4) is 0 Å².